The molecule has 4 heteroatoms. The molecule has 1 amide bonds. The third-order valence-electron chi connectivity index (χ3n) is 3.73. The molecule has 2 rings (SSSR count). The minimum absolute atomic E-state index is 0.0547. The number of nitrogens with two attached hydrogens (primary N) is 1. The largest absolute Gasteiger partial charge is 0.344 e. The van der Waals surface area contributed by atoms with Gasteiger partial charge >= 0.3 is 0 Å². The lowest BCUT2D eigenvalue weighted by Crippen LogP contribution is -2.37. The fraction of sp³-hybridized carbons (Fsp3) is 0.278. The van der Waals surface area contributed by atoms with Crippen molar-refractivity contribution in [1.29, 1.82) is 0 Å². The van der Waals surface area contributed by atoms with Crippen LogP contribution in [-0.4, -0.2) is 24.4 Å². The second-order valence-electron chi connectivity index (χ2n) is 5.52. The zero-order valence-corrected chi connectivity index (χ0v) is 14.5. The van der Waals surface area contributed by atoms with Crippen LogP contribution in [0.4, 0.5) is 0 Å². The van der Waals surface area contributed by atoms with Gasteiger partial charge in [0.05, 0.1) is 0 Å². The summed E-state index contributed by atoms with van der Waals surface area (Å²) in [6.45, 7) is 2.67. The highest BCUT2D eigenvalue weighted by molar-refractivity contribution is 9.10. The molecule has 0 aliphatic rings. The molecule has 1 atom stereocenters. The van der Waals surface area contributed by atoms with Crippen LogP contribution in [0.3, 0.4) is 0 Å². The summed E-state index contributed by atoms with van der Waals surface area (Å²) in [7, 11) is 1.80. The van der Waals surface area contributed by atoms with Crippen molar-refractivity contribution in [2.75, 3.05) is 13.6 Å². The van der Waals surface area contributed by atoms with Crippen molar-refractivity contribution in [1.82, 2.24) is 4.90 Å². The normalized spacial score (nSPS) is 12.0. The molecule has 0 bridgehead atoms. The molecular weight excluding hydrogens is 340 g/mol. The van der Waals surface area contributed by atoms with Gasteiger partial charge in [-0.2, -0.15) is 0 Å². The van der Waals surface area contributed by atoms with Crippen LogP contribution >= 0.6 is 15.9 Å². The first-order chi connectivity index (χ1) is 10.5. The van der Waals surface area contributed by atoms with E-state index in [-0.39, 0.29) is 5.91 Å². The Balaban J connectivity index is 1.93. The molecule has 0 radical (unpaired) electrons. The van der Waals surface area contributed by atoms with Gasteiger partial charge in [0, 0.05) is 18.1 Å². The van der Waals surface area contributed by atoms with E-state index >= 15 is 0 Å². The monoisotopic (exact) mass is 360 g/mol. The Labute approximate surface area is 140 Å². The van der Waals surface area contributed by atoms with Crippen molar-refractivity contribution in [3.05, 3.63) is 69.7 Å². The van der Waals surface area contributed by atoms with Crippen molar-refractivity contribution in [2.24, 2.45) is 5.73 Å². The smallest absolute Gasteiger partial charge is 0.243 e. The van der Waals surface area contributed by atoms with Crippen LogP contribution in [0.5, 0.6) is 0 Å². The number of hydrogen-bond acceptors (Lipinski definition) is 2. The number of rotatable bonds is 5. The zero-order chi connectivity index (χ0) is 16.1. The van der Waals surface area contributed by atoms with Crippen molar-refractivity contribution < 1.29 is 4.79 Å². The first kappa shape index (κ1) is 16.7. The van der Waals surface area contributed by atoms with Gasteiger partial charge in [-0.1, -0.05) is 57.9 Å². The lowest BCUT2D eigenvalue weighted by Gasteiger charge is -2.21. The molecule has 2 aromatic rings. The van der Waals surface area contributed by atoms with Crippen molar-refractivity contribution in [3.8, 4) is 0 Å². The minimum Gasteiger partial charge on any atom is -0.344 e. The molecule has 3 nitrogen and oxygen atoms in total. The van der Waals surface area contributed by atoms with Gasteiger partial charge in [-0.3, -0.25) is 4.79 Å². The molecule has 0 aliphatic heterocycles. The zero-order valence-electron chi connectivity index (χ0n) is 12.9. The molecule has 0 heterocycles. The van der Waals surface area contributed by atoms with Gasteiger partial charge in [-0.05, 0) is 36.6 Å². The third-order valence-corrected chi connectivity index (χ3v) is 4.26. The molecule has 2 N–H and O–H groups in total. The Hall–Kier alpha value is -1.65. The average molecular weight is 361 g/mol. The Morgan fingerprint density at radius 2 is 1.73 bits per heavy atom. The number of carbonyl (C=O) groups excluding carboxylic acids is 1. The van der Waals surface area contributed by atoms with E-state index in [4.69, 9.17) is 5.73 Å². The summed E-state index contributed by atoms with van der Waals surface area (Å²) in [5.41, 5.74) is 9.29. The van der Waals surface area contributed by atoms with E-state index in [1.165, 1.54) is 5.56 Å². The standard InChI is InChI=1S/C18H21BrN2O/c1-13-3-7-15(8-4-13)17(20)18(22)21(2)12-11-14-5-9-16(19)10-6-14/h3-10,17H,11-12,20H2,1-2H3. The van der Waals surface area contributed by atoms with Crippen LogP contribution in [0.25, 0.3) is 0 Å². The molecular formula is C18H21BrN2O. The van der Waals surface area contributed by atoms with Gasteiger partial charge in [0.1, 0.15) is 6.04 Å². The second-order valence-corrected chi connectivity index (χ2v) is 6.44. The summed E-state index contributed by atoms with van der Waals surface area (Å²) < 4.78 is 1.06. The maximum absolute atomic E-state index is 12.4. The van der Waals surface area contributed by atoms with Gasteiger partial charge in [0.25, 0.3) is 0 Å². The third kappa shape index (κ3) is 4.42. The number of likely N-dealkylation sites (N-methyl/N-ethyl adjacent to an activating group) is 1. The Bertz CT molecular complexity index is 623. The van der Waals surface area contributed by atoms with E-state index in [2.05, 4.69) is 28.1 Å². The van der Waals surface area contributed by atoms with Crippen LogP contribution in [-0.2, 0) is 11.2 Å². The fourth-order valence-corrected chi connectivity index (χ4v) is 2.48. The molecule has 1 unspecified atom stereocenters. The van der Waals surface area contributed by atoms with Crippen LogP contribution in [0.15, 0.2) is 53.0 Å². The first-order valence-electron chi connectivity index (χ1n) is 7.29. The summed E-state index contributed by atoms with van der Waals surface area (Å²) in [6.07, 6.45) is 0.816. The van der Waals surface area contributed by atoms with E-state index in [9.17, 15) is 4.79 Å². The van der Waals surface area contributed by atoms with Crippen molar-refractivity contribution in [3.63, 3.8) is 0 Å². The quantitative estimate of drug-likeness (QED) is 0.887. The van der Waals surface area contributed by atoms with E-state index in [1.807, 2.05) is 43.3 Å². The Kier molecular flexibility index (Phi) is 5.75. The Morgan fingerprint density at radius 1 is 1.14 bits per heavy atom. The molecule has 0 saturated heterocycles. The second kappa shape index (κ2) is 7.56. The summed E-state index contributed by atoms with van der Waals surface area (Å²) in [6, 6.07) is 15.3. The summed E-state index contributed by atoms with van der Waals surface area (Å²) in [5.74, 6) is -0.0547. The highest BCUT2D eigenvalue weighted by Gasteiger charge is 2.19. The molecule has 22 heavy (non-hydrogen) atoms. The lowest BCUT2D eigenvalue weighted by atomic mass is 10.0. The van der Waals surface area contributed by atoms with Crippen molar-refractivity contribution in [2.45, 2.75) is 19.4 Å². The predicted octanol–water partition coefficient (Wildman–Crippen LogP) is 3.46. The van der Waals surface area contributed by atoms with Crippen molar-refractivity contribution >= 4 is 21.8 Å². The molecule has 0 saturated carbocycles. The number of hydrogen-bond donors (Lipinski definition) is 1. The number of amides is 1. The van der Waals surface area contributed by atoms with Gasteiger partial charge in [0.2, 0.25) is 5.91 Å². The van der Waals surface area contributed by atoms with E-state index in [0.717, 1.165) is 22.0 Å². The summed E-state index contributed by atoms with van der Waals surface area (Å²) in [5, 5.41) is 0. The molecule has 0 fully saturated rings. The summed E-state index contributed by atoms with van der Waals surface area (Å²) in [4.78, 5) is 14.1. The van der Waals surface area contributed by atoms with Crippen LogP contribution < -0.4 is 5.73 Å². The molecule has 0 aliphatic carbocycles. The Morgan fingerprint density at radius 3 is 2.32 bits per heavy atom. The van der Waals surface area contributed by atoms with Crippen LogP contribution in [0.2, 0.25) is 0 Å². The predicted molar refractivity (Wildman–Crippen MR) is 93.6 cm³/mol. The number of aryl methyl sites for hydroxylation is 1. The van der Waals surface area contributed by atoms with E-state index in [1.54, 1.807) is 11.9 Å². The SMILES string of the molecule is Cc1ccc(C(N)C(=O)N(C)CCc2ccc(Br)cc2)cc1. The number of benzene rings is 2. The topological polar surface area (TPSA) is 46.3 Å². The lowest BCUT2D eigenvalue weighted by molar-refractivity contribution is -0.131. The first-order valence-corrected chi connectivity index (χ1v) is 8.08. The van der Waals surface area contributed by atoms with Crippen LogP contribution in [0.1, 0.15) is 22.7 Å². The van der Waals surface area contributed by atoms with E-state index in [0.29, 0.717) is 6.54 Å². The average Bonchev–Trinajstić information content (AvgIpc) is 2.53. The number of halogens is 1. The van der Waals surface area contributed by atoms with E-state index < -0.39 is 6.04 Å². The van der Waals surface area contributed by atoms with Crippen LogP contribution in [0, 0.1) is 6.92 Å². The molecule has 116 valence electrons. The molecule has 0 spiro atoms. The minimum atomic E-state index is -0.601. The van der Waals surface area contributed by atoms with Gasteiger partial charge < -0.3 is 10.6 Å². The van der Waals surface area contributed by atoms with Gasteiger partial charge in [-0.15, -0.1) is 0 Å². The maximum Gasteiger partial charge on any atom is 0.243 e. The highest BCUT2D eigenvalue weighted by Crippen LogP contribution is 2.15. The highest BCUT2D eigenvalue weighted by atomic mass is 79.9. The fourth-order valence-electron chi connectivity index (χ4n) is 2.21. The van der Waals surface area contributed by atoms with Gasteiger partial charge in [0.15, 0.2) is 0 Å². The van der Waals surface area contributed by atoms with Gasteiger partial charge in [-0.25, -0.2) is 0 Å². The maximum atomic E-state index is 12.4. The number of carbonyl (C=O) groups is 1. The number of nitrogens with zero attached hydrogens (tertiary/aromatic N) is 1. The summed E-state index contributed by atoms with van der Waals surface area (Å²) >= 11 is 3.42. The molecule has 2 aromatic carbocycles. The molecule has 0 aromatic heterocycles.